The Hall–Kier alpha value is -2.49. The van der Waals surface area contributed by atoms with E-state index in [4.69, 9.17) is 14.0 Å². The molecule has 10 nitrogen and oxygen atoms in total. The molecule has 3 aliphatic carbocycles. The first kappa shape index (κ1) is 23.3. The number of Topliss-reactive ketones (excluding diaryl/α,β-unsaturated/α-hetero) is 1. The van der Waals surface area contributed by atoms with Crippen LogP contribution in [-0.2, 0) is 14.3 Å². The van der Waals surface area contributed by atoms with Crippen molar-refractivity contribution in [3.63, 3.8) is 0 Å². The Kier molecular flexibility index (Phi) is 6.59. The second kappa shape index (κ2) is 9.64. The Bertz CT molecular complexity index is 918. The van der Waals surface area contributed by atoms with Gasteiger partial charge in [0.25, 0.3) is 11.8 Å². The van der Waals surface area contributed by atoms with E-state index < -0.39 is 17.7 Å². The summed E-state index contributed by atoms with van der Waals surface area (Å²) in [5, 5.41) is 6.68. The van der Waals surface area contributed by atoms with Crippen LogP contribution < -0.4 is 5.32 Å². The van der Waals surface area contributed by atoms with Crippen molar-refractivity contribution in [2.45, 2.75) is 82.3 Å². The van der Waals surface area contributed by atoms with Gasteiger partial charge in [-0.05, 0) is 37.5 Å². The molecule has 0 bridgehead atoms. The summed E-state index contributed by atoms with van der Waals surface area (Å²) >= 11 is 0. The minimum atomic E-state index is -1.12. The summed E-state index contributed by atoms with van der Waals surface area (Å²) in [6.07, 6.45) is 6.92. The summed E-state index contributed by atoms with van der Waals surface area (Å²) in [6.45, 7) is 3.83. The second-order valence-corrected chi connectivity index (χ2v) is 10.3. The van der Waals surface area contributed by atoms with Crippen molar-refractivity contribution in [3.05, 3.63) is 11.7 Å². The SMILES string of the molecule is CC1CC1(NC(=O)O[C@@H](CC1CCCCC1)C(=O)N1CCOCC1)C(=O)c1nc(C2CC2)no1. The van der Waals surface area contributed by atoms with E-state index in [9.17, 15) is 14.4 Å². The number of hydrogen-bond acceptors (Lipinski definition) is 8. The largest absolute Gasteiger partial charge is 0.436 e. The minimum absolute atomic E-state index is 0.0744. The number of nitrogens with one attached hydrogen (secondary N) is 1. The molecule has 4 fully saturated rings. The molecule has 1 aromatic heterocycles. The second-order valence-electron chi connectivity index (χ2n) is 10.3. The highest BCUT2D eigenvalue weighted by molar-refractivity contribution is 6.04. The van der Waals surface area contributed by atoms with Crippen molar-refractivity contribution in [2.75, 3.05) is 26.3 Å². The van der Waals surface area contributed by atoms with Crippen LogP contribution in [0.5, 0.6) is 0 Å². The molecule has 4 aliphatic rings. The molecule has 34 heavy (non-hydrogen) atoms. The molecule has 0 aromatic carbocycles. The topological polar surface area (TPSA) is 124 Å². The Morgan fingerprint density at radius 1 is 1.15 bits per heavy atom. The van der Waals surface area contributed by atoms with E-state index in [1.54, 1.807) is 4.90 Å². The molecule has 1 N–H and O–H groups in total. The molecule has 3 atom stereocenters. The lowest BCUT2D eigenvalue weighted by atomic mass is 9.85. The highest BCUT2D eigenvalue weighted by Crippen LogP contribution is 2.46. The summed E-state index contributed by atoms with van der Waals surface area (Å²) in [5.74, 6) is 0.441. The van der Waals surface area contributed by atoms with Crippen LogP contribution in [0.3, 0.4) is 0 Å². The smallest absolute Gasteiger partial charge is 0.408 e. The van der Waals surface area contributed by atoms with E-state index >= 15 is 0 Å². The van der Waals surface area contributed by atoms with Crippen LogP contribution in [0.25, 0.3) is 0 Å². The van der Waals surface area contributed by atoms with E-state index in [1.165, 1.54) is 6.42 Å². The zero-order valence-electron chi connectivity index (χ0n) is 19.8. The molecule has 2 unspecified atom stereocenters. The Morgan fingerprint density at radius 2 is 1.85 bits per heavy atom. The van der Waals surface area contributed by atoms with Gasteiger partial charge in [-0.2, -0.15) is 4.98 Å². The van der Waals surface area contributed by atoms with Gasteiger partial charge in [-0.3, -0.25) is 9.59 Å². The third-order valence-corrected chi connectivity index (χ3v) is 7.74. The molecule has 2 amide bonds. The number of aromatic nitrogens is 2. The fourth-order valence-corrected chi connectivity index (χ4v) is 5.25. The third-order valence-electron chi connectivity index (χ3n) is 7.74. The standard InChI is InChI=1S/C24H34N4O6/c1-15-14-24(15,19(29)21-25-20(27-34-21)17-7-8-17)26-23(31)33-18(13-16-5-3-2-4-6-16)22(30)28-9-11-32-12-10-28/h15-18H,2-14H2,1H3,(H,26,31)/t15?,18-,24?/m0/s1. The van der Waals surface area contributed by atoms with Crippen LogP contribution in [0.1, 0.15) is 87.1 Å². The highest BCUT2D eigenvalue weighted by atomic mass is 16.6. The molecule has 1 aromatic rings. The molecular weight excluding hydrogens is 440 g/mol. The van der Waals surface area contributed by atoms with Gasteiger partial charge in [0.15, 0.2) is 11.9 Å². The van der Waals surface area contributed by atoms with E-state index in [0.29, 0.717) is 50.9 Å². The zero-order chi connectivity index (χ0) is 23.7. The number of amides is 2. The number of ether oxygens (including phenoxy) is 2. The molecular formula is C24H34N4O6. The lowest BCUT2D eigenvalue weighted by molar-refractivity contribution is -0.145. The van der Waals surface area contributed by atoms with Gasteiger partial charge >= 0.3 is 6.09 Å². The zero-order valence-corrected chi connectivity index (χ0v) is 19.8. The van der Waals surface area contributed by atoms with E-state index in [2.05, 4.69) is 15.5 Å². The van der Waals surface area contributed by atoms with Crippen LogP contribution in [0.2, 0.25) is 0 Å². The van der Waals surface area contributed by atoms with Gasteiger partial charge in [-0.15, -0.1) is 0 Å². The van der Waals surface area contributed by atoms with Crippen molar-refractivity contribution >= 4 is 17.8 Å². The van der Waals surface area contributed by atoms with E-state index in [-0.39, 0.29) is 29.4 Å². The van der Waals surface area contributed by atoms with Crippen LogP contribution in [0.15, 0.2) is 4.52 Å². The lowest BCUT2D eigenvalue weighted by Gasteiger charge is -2.32. The van der Waals surface area contributed by atoms with Crippen LogP contribution in [0.4, 0.5) is 4.79 Å². The number of alkyl carbamates (subject to hydrolysis) is 1. The number of rotatable bonds is 8. The molecule has 0 spiro atoms. The normalized spacial score (nSPS) is 28.3. The average Bonchev–Trinajstić information content (AvgIpc) is 3.76. The molecule has 1 aliphatic heterocycles. The third kappa shape index (κ3) is 4.96. The summed E-state index contributed by atoms with van der Waals surface area (Å²) < 4.78 is 16.3. The number of ketones is 1. The van der Waals surface area contributed by atoms with Crippen molar-refractivity contribution in [3.8, 4) is 0 Å². The Labute approximate surface area is 199 Å². The molecule has 10 heteroatoms. The first-order chi connectivity index (χ1) is 16.5. The first-order valence-corrected chi connectivity index (χ1v) is 12.7. The number of carbonyl (C=O) groups excluding carboxylic acids is 3. The number of hydrogen-bond donors (Lipinski definition) is 1. The lowest BCUT2D eigenvalue weighted by Crippen LogP contribution is -2.50. The van der Waals surface area contributed by atoms with E-state index in [1.807, 2.05) is 6.92 Å². The minimum Gasteiger partial charge on any atom is -0.436 e. The number of nitrogens with zero attached hydrogens (tertiary/aromatic N) is 3. The van der Waals surface area contributed by atoms with Gasteiger partial charge < -0.3 is 24.2 Å². The maximum absolute atomic E-state index is 13.2. The molecule has 1 saturated heterocycles. The fraction of sp³-hybridized carbons (Fsp3) is 0.792. The highest BCUT2D eigenvalue weighted by Gasteiger charge is 2.61. The van der Waals surface area contributed by atoms with Gasteiger partial charge in [0.2, 0.25) is 5.78 Å². The first-order valence-electron chi connectivity index (χ1n) is 12.7. The fourth-order valence-electron chi connectivity index (χ4n) is 5.25. The van der Waals surface area contributed by atoms with Crippen molar-refractivity contribution < 1.29 is 28.4 Å². The van der Waals surface area contributed by atoms with Gasteiger partial charge in [0.1, 0.15) is 5.54 Å². The van der Waals surface area contributed by atoms with Gasteiger partial charge in [-0.25, -0.2) is 4.79 Å². The number of morpholine rings is 1. The molecule has 0 radical (unpaired) electrons. The summed E-state index contributed by atoms with van der Waals surface area (Å²) in [7, 11) is 0. The summed E-state index contributed by atoms with van der Waals surface area (Å²) in [4.78, 5) is 45.4. The Morgan fingerprint density at radius 3 is 2.50 bits per heavy atom. The monoisotopic (exact) mass is 474 g/mol. The summed E-state index contributed by atoms with van der Waals surface area (Å²) in [6, 6.07) is 0. The van der Waals surface area contributed by atoms with Crippen molar-refractivity contribution in [2.24, 2.45) is 11.8 Å². The summed E-state index contributed by atoms with van der Waals surface area (Å²) in [5.41, 5.74) is -1.12. The molecule has 2 heterocycles. The van der Waals surface area contributed by atoms with Crippen molar-refractivity contribution in [1.82, 2.24) is 20.4 Å². The van der Waals surface area contributed by atoms with Crippen LogP contribution in [-0.4, -0.2) is 70.8 Å². The predicted octanol–water partition coefficient (Wildman–Crippen LogP) is 2.83. The van der Waals surface area contributed by atoms with Crippen LogP contribution >= 0.6 is 0 Å². The van der Waals surface area contributed by atoms with Gasteiger partial charge in [0, 0.05) is 19.0 Å². The van der Waals surface area contributed by atoms with Gasteiger partial charge in [-0.1, -0.05) is 44.2 Å². The maximum Gasteiger partial charge on any atom is 0.408 e. The maximum atomic E-state index is 13.2. The average molecular weight is 475 g/mol. The quantitative estimate of drug-likeness (QED) is 0.571. The van der Waals surface area contributed by atoms with E-state index in [0.717, 1.165) is 38.5 Å². The Balaban J connectivity index is 1.25. The molecule has 5 rings (SSSR count). The van der Waals surface area contributed by atoms with Crippen LogP contribution in [0, 0.1) is 11.8 Å². The predicted molar refractivity (Wildman–Crippen MR) is 119 cm³/mol. The molecule has 3 saturated carbocycles. The van der Waals surface area contributed by atoms with Gasteiger partial charge in [0.05, 0.1) is 13.2 Å². The van der Waals surface area contributed by atoms with Crippen molar-refractivity contribution in [1.29, 1.82) is 0 Å². The number of carbonyl (C=O) groups is 3. The molecule has 186 valence electrons.